The quantitative estimate of drug-likeness (QED) is 0.714. The Kier molecular flexibility index (Phi) is 4.62. The molecule has 0 aromatic carbocycles. The molecule has 2 N–H and O–H groups in total. The van der Waals surface area contributed by atoms with Crippen molar-refractivity contribution in [3.8, 4) is 0 Å². The highest BCUT2D eigenvalue weighted by Gasteiger charge is 2.27. The number of methoxy groups -OCH3 is 1. The Morgan fingerprint density at radius 3 is 2.88 bits per heavy atom. The molecule has 0 aromatic rings. The van der Waals surface area contributed by atoms with Gasteiger partial charge in [-0.3, -0.25) is 0 Å². The van der Waals surface area contributed by atoms with Crippen molar-refractivity contribution in [2.45, 2.75) is 37.8 Å². The average molecular weight is 241 g/mol. The second-order valence-corrected chi connectivity index (χ2v) is 4.96. The molecule has 0 radical (unpaired) electrons. The predicted molar refractivity (Wildman–Crippen MR) is 66.0 cm³/mol. The Bertz CT molecular complexity index is 250. The molecule has 2 aliphatic rings. The fraction of sp³-hybridized carbons (Fsp3) is 0.917. The Labute approximate surface area is 103 Å². The lowest BCUT2D eigenvalue weighted by Crippen LogP contribution is -2.47. The van der Waals surface area contributed by atoms with Gasteiger partial charge in [0.25, 0.3) is 0 Å². The third kappa shape index (κ3) is 4.16. The van der Waals surface area contributed by atoms with Crippen LogP contribution in [0.5, 0.6) is 0 Å². The number of nitrogens with one attached hydrogen (secondary N) is 2. The maximum absolute atomic E-state index is 12.0. The van der Waals surface area contributed by atoms with Gasteiger partial charge in [0.1, 0.15) is 0 Å². The third-order valence-corrected chi connectivity index (χ3v) is 3.36. The smallest absolute Gasteiger partial charge is 0.317 e. The summed E-state index contributed by atoms with van der Waals surface area (Å²) in [6.45, 7) is 3.15. The fourth-order valence-electron chi connectivity index (χ4n) is 2.15. The molecular weight excluding hydrogens is 218 g/mol. The molecule has 1 heterocycles. The maximum atomic E-state index is 12.0. The molecule has 98 valence electrons. The molecule has 5 heteroatoms. The molecule has 1 aliphatic heterocycles. The number of amides is 2. The Hall–Kier alpha value is -0.810. The largest absolute Gasteiger partial charge is 0.383 e. The molecule has 2 rings (SSSR count). The van der Waals surface area contributed by atoms with Crippen LogP contribution in [0.25, 0.3) is 0 Å². The van der Waals surface area contributed by atoms with E-state index in [-0.39, 0.29) is 6.03 Å². The molecule has 1 saturated heterocycles. The lowest BCUT2D eigenvalue weighted by atomic mass is 10.2. The zero-order valence-electron chi connectivity index (χ0n) is 10.6. The van der Waals surface area contributed by atoms with E-state index in [1.165, 1.54) is 12.8 Å². The number of urea groups is 1. The van der Waals surface area contributed by atoms with E-state index >= 15 is 0 Å². The minimum atomic E-state index is 0.0678. The van der Waals surface area contributed by atoms with E-state index in [1.54, 1.807) is 7.11 Å². The predicted octanol–water partition coefficient (Wildman–Crippen LogP) is 0.559. The first-order chi connectivity index (χ1) is 8.29. The van der Waals surface area contributed by atoms with Crippen molar-refractivity contribution in [2.75, 3.05) is 33.4 Å². The minimum absolute atomic E-state index is 0.0678. The van der Waals surface area contributed by atoms with Crippen LogP contribution in [-0.4, -0.2) is 56.4 Å². The molecular formula is C12H23N3O2. The maximum Gasteiger partial charge on any atom is 0.317 e. The van der Waals surface area contributed by atoms with Crippen LogP contribution in [0.2, 0.25) is 0 Å². The first-order valence-corrected chi connectivity index (χ1v) is 6.57. The van der Waals surface area contributed by atoms with Gasteiger partial charge in [-0.15, -0.1) is 0 Å². The van der Waals surface area contributed by atoms with E-state index in [2.05, 4.69) is 10.6 Å². The summed E-state index contributed by atoms with van der Waals surface area (Å²) in [5.41, 5.74) is 0. The molecule has 1 unspecified atom stereocenters. The van der Waals surface area contributed by atoms with Crippen molar-refractivity contribution in [3.05, 3.63) is 0 Å². The summed E-state index contributed by atoms with van der Waals surface area (Å²) in [4.78, 5) is 13.9. The highest BCUT2D eigenvalue weighted by Crippen LogP contribution is 2.19. The molecule has 1 atom stereocenters. The van der Waals surface area contributed by atoms with Crippen LogP contribution >= 0.6 is 0 Å². The number of carbonyl (C=O) groups excluding carboxylic acids is 1. The summed E-state index contributed by atoms with van der Waals surface area (Å²) in [6, 6.07) is 0.944. The zero-order chi connectivity index (χ0) is 12.1. The lowest BCUT2D eigenvalue weighted by Gasteiger charge is -2.26. The van der Waals surface area contributed by atoms with Crippen LogP contribution in [0.3, 0.4) is 0 Å². The minimum Gasteiger partial charge on any atom is -0.383 e. The Morgan fingerprint density at radius 2 is 2.29 bits per heavy atom. The summed E-state index contributed by atoms with van der Waals surface area (Å²) >= 11 is 0. The van der Waals surface area contributed by atoms with E-state index in [0.717, 1.165) is 25.9 Å². The van der Waals surface area contributed by atoms with Crippen molar-refractivity contribution in [1.82, 2.24) is 15.5 Å². The molecule has 0 bridgehead atoms. The number of hydrogen-bond acceptors (Lipinski definition) is 3. The summed E-state index contributed by atoms with van der Waals surface area (Å²) in [5, 5.41) is 6.47. The van der Waals surface area contributed by atoms with Crippen LogP contribution in [0.15, 0.2) is 0 Å². The summed E-state index contributed by atoms with van der Waals surface area (Å²) in [5.74, 6) is 0. The van der Waals surface area contributed by atoms with Crippen LogP contribution < -0.4 is 10.6 Å². The molecule has 2 amide bonds. The number of ether oxygens (including phenoxy) is 1. The van der Waals surface area contributed by atoms with Crippen molar-refractivity contribution >= 4 is 6.03 Å². The summed E-state index contributed by atoms with van der Waals surface area (Å²) < 4.78 is 5.07. The van der Waals surface area contributed by atoms with Crippen LogP contribution in [-0.2, 0) is 4.74 Å². The zero-order valence-corrected chi connectivity index (χ0v) is 10.6. The molecule has 5 nitrogen and oxygen atoms in total. The fourth-order valence-corrected chi connectivity index (χ4v) is 2.15. The number of hydrogen-bond donors (Lipinski definition) is 2. The van der Waals surface area contributed by atoms with Crippen LogP contribution in [0, 0.1) is 0 Å². The van der Waals surface area contributed by atoms with E-state index < -0.39 is 0 Å². The molecule has 0 aromatic heterocycles. The highest BCUT2D eigenvalue weighted by atomic mass is 16.5. The first kappa shape index (κ1) is 12.6. The van der Waals surface area contributed by atoms with Crippen molar-refractivity contribution < 1.29 is 9.53 Å². The van der Waals surface area contributed by atoms with Gasteiger partial charge in [-0.2, -0.15) is 0 Å². The second-order valence-electron chi connectivity index (χ2n) is 4.96. The molecule has 0 spiro atoms. The molecule has 1 saturated carbocycles. The molecule has 17 heavy (non-hydrogen) atoms. The normalized spacial score (nSPS) is 23.7. The van der Waals surface area contributed by atoms with Gasteiger partial charge in [-0.1, -0.05) is 0 Å². The average Bonchev–Trinajstić information content (AvgIpc) is 2.98. The van der Waals surface area contributed by atoms with Gasteiger partial charge in [-0.05, 0) is 32.2 Å². The number of nitrogens with zero attached hydrogens (tertiary/aromatic N) is 1. The van der Waals surface area contributed by atoms with Gasteiger partial charge in [0.15, 0.2) is 0 Å². The van der Waals surface area contributed by atoms with E-state index in [0.29, 0.717) is 25.2 Å². The van der Waals surface area contributed by atoms with Crippen molar-refractivity contribution in [2.24, 2.45) is 0 Å². The summed E-state index contributed by atoms with van der Waals surface area (Å²) in [7, 11) is 1.67. The summed E-state index contributed by atoms with van der Waals surface area (Å²) in [6.07, 6.45) is 4.64. The van der Waals surface area contributed by atoms with Gasteiger partial charge < -0.3 is 20.3 Å². The third-order valence-electron chi connectivity index (χ3n) is 3.36. The first-order valence-electron chi connectivity index (χ1n) is 6.57. The Morgan fingerprint density at radius 1 is 1.47 bits per heavy atom. The topological polar surface area (TPSA) is 53.6 Å². The molecule has 2 fully saturated rings. The van der Waals surface area contributed by atoms with Crippen LogP contribution in [0.4, 0.5) is 4.79 Å². The van der Waals surface area contributed by atoms with E-state index in [1.807, 2.05) is 4.90 Å². The van der Waals surface area contributed by atoms with Gasteiger partial charge in [0, 0.05) is 32.3 Å². The second kappa shape index (κ2) is 6.21. The molecule has 1 aliphatic carbocycles. The van der Waals surface area contributed by atoms with Crippen molar-refractivity contribution in [1.29, 1.82) is 0 Å². The van der Waals surface area contributed by atoms with Gasteiger partial charge in [0.2, 0.25) is 0 Å². The van der Waals surface area contributed by atoms with Crippen molar-refractivity contribution in [3.63, 3.8) is 0 Å². The monoisotopic (exact) mass is 241 g/mol. The van der Waals surface area contributed by atoms with Gasteiger partial charge in [-0.25, -0.2) is 4.79 Å². The highest BCUT2D eigenvalue weighted by molar-refractivity contribution is 5.74. The standard InChI is InChI=1S/C12H23N3O2/c1-17-8-7-15(9-11-3-2-6-13-11)12(16)14-10-4-5-10/h10-11,13H,2-9H2,1H3,(H,14,16). The van der Waals surface area contributed by atoms with Gasteiger partial charge in [0.05, 0.1) is 6.61 Å². The lowest BCUT2D eigenvalue weighted by molar-refractivity contribution is 0.145. The van der Waals surface area contributed by atoms with Crippen LogP contribution in [0.1, 0.15) is 25.7 Å². The van der Waals surface area contributed by atoms with Gasteiger partial charge >= 0.3 is 6.03 Å². The number of rotatable bonds is 6. The number of carbonyl (C=O) groups is 1. The SMILES string of the molecule is COCCN(CC1CCCN1)C(=O)NC1CC1. The van der Waals surface area contributed by atoms with E-state index in [9.17, 15) is 4.79 Å². The van der Waals surface area contributed by atoms with E-state index in [4.69, 9.17) is 4.74 Å². The Balaban J connectivity index is 1.79.